The molecule has 0 spiro atoms. The highest BCUT2D eigenvalue weighted by molar-refractivity contribution is 6.04. The first-order valence-electron chi connectivity index (χ1n) is 9.55. The fourth-order valence-corrected chi connectivity index (χ4v) is 3.11. The number of fused-ring (bicyclic) bond motifs is 1. The van der Waals surface area contributed by atoms with Crippen molar-refractivity contribution in [1.82, 2.24) is 14.9 Å². The van der Waals surface area contributed by atoms with Gasteiger partial charge in [0.2, 0.25) is 5.95 Å². The average molecular weight is 410 g/mol. The van der Waals surface area contributed by atoms with Crippen LogP contribution in [0.25, 0.3) is 11.0 Å². The Morgan fingerprint density at radius 1 is 1.10 bits per heavy atom. The summed E-state index contributed by atoms with van der Waals surface area (Å²) in [6, 6.07) is 12.5. The molecule has 2 N–H and O–H groups in total. The Hall–Kier alpha value is -3.55. The van der Waals surface area contributed by atoms with E-state index in [1.165, 1.54) is 14.2 Å². The minimum atomic E-state index is -0.327. The third kappa shape index (κ3) is 4.37. The second-order valence-electron chi connectivity index (χ2n) is 7.71. The highest BCUT2D eigenvalue weighted by atomic mass is 16.5. The normalized spacial score (nSPS) is 11.2. The van der Waals surface area contributed by atoms with Crippen molar-refractivity contribution in [2.24, 2.45) is 0 Å². The number of aromatic nitrogens is 2. The van der Waals surface area contributed by atoms with E-state index in [2.05, 4.69) is 36.4 Å². The molecule has 0 saturated heterocycles. The predicted molar refractivity (Wildman–Crippen MR) is 115 cm³/mol. The van der Waals surface area contributed by atoms with Crippen LogP contribution in [-0.4, -0.2) is 42.1 Å². The van der Waals surface area contributed by atoms with Crippen LogP contribution in [0.4, 0.5) is 5.95 Å². The Morgan fingerprint density at radius 3 is 2.50 bits per heavy atom. The molecule has 8 nitrogen and oxygen atoms in total. The number of likely N-dealkylation sites (N-methyl/N-ethyl adjacent to an activating group) is 1. The Labute approximate surface area is 175 Å². The van der Waals surface area contributed by atoms with Crippen molar-refractivity contribution >= 4 is 28.8 Å². The first-order valence-corrected chi connectivity index (χ1v) is 9.55. The van der Waals surface area contributed by atoms with Crippen molar-refractivity contribution in [2.45, 2.75) is 26.3 Å². The van der Waals surface area contributed by atoms with E-state index in [4.69, 9.17) is 9.47 Å². The van der Waals surface area contributed by atoms with E-state index < -0.39 is 0 Å². The average Bonchev–Trinajstić information content (AvgIpc) is 3.09. The van der Waals surface area contributed by atoms with Crippen LogP contribution in [0, 0.1) is 0 Å². The van der Waals surface area contributed by atoms with Gasteiger partial charge in [0, 0.05) is 18.2 Å². The zero-order valence-electron chi connectivity index (χ0n) is 17.8. The summed E-state index contributed by atoms with van der Waals surface area (Å²) in [5, 5.41) is 5.39. The number of rotatable bonds is 6. The summed E-state index contributed by atoms with van der Waals surface area (Å²) < 4.78 is 12.8. The minimum absolute atomic E-state index is 0.145. The topological polar surface area (TPSA) is 94.5 Å². The standard InChI is InChI=1S/C22H26N4O4/c1-22(2,3)26-16-9-7-6-8-15(16)24-21(26)25-20(28)14-10-11-17(18(12-14)29-5)30-13-19(27)23-4/h6-12H,13H2,1-5H3,(H,23,27)(H,24,25,28). The number of ether oxygens (including phenoxy) is 2. The quantitative estimate of drug-likeness (QED) is 0.651. The van der Waals surface area contributed by atoms with Crippen molar-refractivity contribution in [3.63, 3.8) is 0 Å². The van der Waals surface area contributed by atoms with Gasteiger partial charge in [-0.25, -0.2) is 4.98 Å². The van der Waals surface area contributed by atoms with Crippen LogP contribution in [0.2, 0.25) is 0 Å². The van der Waals surface area contributed by atoms with E-state index in [-0.39, 0.29) is 24.0 Å². The summed E-state index contributed by atoms with van der Waals surface area (Å²) in [6.07, 6.45) is 0. The predicted octanol–water partition coefficient (Wildman–Crippen LogP) is 3.18. The van der Waals surface area contributed by atoms with Crippen LogP contribution < -0.4 is 20.1 Å². The lowest BCUT2D eigenvalue weighted by molar-refractivity contribution is -0.122. The van der Waals surface area contributed by atoms with Gasteiger partial charge in [0.05, 0.1) is 18.1 Å². The van der Waals surface area contributed by atoms with Gasteiger partial charge in [-0.3, -0.25) is 14.9 Å². The van der Waals surface area contributed by atoms with E-state index in [0.29, 0.717) is 23.0 Å². The second kappa shape index (κ2) is 8.44. The molecule has 8 heteroatoms. The van der Waals surface area contributed by atoms with E-state index in [0.717, 1.165) is 11.0 Å². The number of carbonyl (C=O) groups excluding carboxylic acids is 2. The molecular formula is C22H26N4O4. The molecule has 0 saturated carbocycles. The number of nitrogens with one attached hydrogen (secondary N) is 2. The van der Waals surface area contributed by atoms with Crippen LogP contribution in [0.1, 0.15) is 31.1 Å². The third-order valence-corrected chi connectivity index (χ3v) is 4.52. The summed E-state index contributed by atoms with van der Waals surface area (Å²) >= 11 is 0. The first kappa shape index (κ1) is 21.2. The lowest BCUT2D eigenvalue weighted by atomic mass is 10.1. The zero-order valence-corrected chi connectivity index (χ0v) is 17.8. The number of amides is 2. The van der Waals surface area contributed by atoms with Crippen LogP contribution in [-0.2, 0) is 10.3 Å². The monoisotopic (exact) mass is 410 g/mol. The maximum absolute atomic E-state index is 12.9. The van der Waals surface area contributed by atoms with Gasteiger partial charge < -0.3 is 19.4 Å². The molecule has 2 aromatic carbocycles. The lowest BCUT2D eigenvalue weighted by Crippen LogP contribution is -2.26. The minimum Gasteiger partial charge on any atom is -0.493 e. The van der Waals surface area contributed by atoms with Crippen molar-refractivity contribution in [2.75, 3.05) is 26.1 Å². The highest BCUT2D eigenvalue weighted by Gasteiger charge is 2.23. The van der Waals surface area contributed by atoms with E-state index in [1.807, 2.05) is 28.8 Å². The fourth-order valence-electron chi connectivity index (χ4n) is 3.11. The van der Waals surface area contributed by atoms with Crippen molar-refractivity contribution < 1.29 is 19.1 Å². The van der Waals surface area contributed by atoms with Gasteiger partial charge in [0.25, 0.3) is 11.8 Å². The number of nitrogens with zero attached hydrogens (tertiary/aromatic N) is 2. The molecule has 0 atom stereocenters. The van der Waals surface area contributed by atoms with Gasteiger partial charge in [-0.1, -0.05) is 12.1 Å². The third-order valence-electron chi connectivity index (χ3n) is 4.52. The van der Waals surface area contributed by atoms with Gasteiger partial charge >= 0.3 is 0 Å². The molecule has 0 aliphatic carbocycles. The largest absolute Gasteiger partial charge is 0.493 e. The van der Waals surface area contributed by atoms with Crippen LogP contribution >= 0.6 is 0 Å². The van der Waals surface area contributed by atoms with E-state index >= 15 is 0 Å². The molecule has 0 radical (unpaired) electrons. The molecule has 0 bridgehead atoms. The molecule has 1 aromatic heterocycles. The molecule has 30 heavy (non-hydrogen) atoms. The molecule has 0 fully saturated rings. The fraction of sp³-hybridized carbons (Fsp3) is 0.318. The molecule has 0 aliphatic heterocycles. The summed E-state index contributed by atoms with van der Waals surface area (Å²) in [5.41, 5.74) is 1.84. The van der Waals surface area contributed by atoms with Crippen molar-refractivity contribution in [1.29, 1.82) is 0 Å². The molecule has 0 unspecified atom stereocenters. The number of para-hydroxylation sites is 2. The smallest absolute Gasteiger partial charge is 0.258 e. The van der Waals surface area contributed by atoms with E-state index in [9.17, 15) is 9.59 Å². The number of carbonyl (C=O) groups is 2. The van der Waals surface area contributed by atoms with Gasteiger partial charge in [-0.15, -0.1) is 0 Å². The zero-order chi connectivity index (χ0) is 21.9. The van der Waals surface area contributed by atoms with E-state index in [1.54, 1.807) is 18.2 Å². The summed E-state index contributed by atoms with van der Waals surface area (Å²) in [5.74, 6) is 0.606. The number of benzene rings is 2. The summed E-state index contributed by atoms with van der Waals surface area (Å²) in [6.45, 7) is 6.02. The van der Waals surface area contributed by atoms with Gasteiger partial charge in [0.15, 0.2) is 18.1 Å². The Morgan fingerprint density at radius 2 is 1.83 bits per heavy atom. The first-order chi connectivity index (χ1) is 14.2. The Kier molecular flexibility index (Phi) is 5.96. The Balaban J connectivity index is 1.89. The molecular weight excluding hydrogens is 384 g/mol. The number of imidazole rings is 1. The van der Waals surface area contributed by atoms with Gasteiger partial charge in [-0.2, -0.15) is 0 Å². The maximum Gasteiger partial charge on any atom is 0.258 e. The SMILES string of the molecule is CNC(=O)COc1ccc(C(=O)Nc2nc3ccccc3n2C(C)(C)C)cc1OC. The number of methoxy groups -OCH3 is 1. The van der Waals surface area contributed by atoms with Crippen molar-refractivity contribution in [3.05, 3.63) is 48.0 Å². The van der Waals surface area contributed by atoms with Gasteiger partial charge in [-0.05, 0) is 51.1 Å². The molecule has 2 amide bonds. The lowest BCUT2D eigenvalue weighted by Gasteiger charge is -2.24. The van der Waals surface area contributed by atoms with Crippen LogP contribution in [0.15, 0.2) is 42.5 Å². The summed E-state index contributed by atoms with van der Waals surface area (Å²) in [7, 11) is 3.00. The van der Waals surface area contributed by atoms with Gasteiger partial charge in [0.1, 0.15) is 0 Å². The second-order valence-corrected chi connectivity index (χ2v) is 7.71. The number of anilines is 1. The number of hydrogen-bond acceptors (Lipinski definition) is 5. The highest BCUT2D eigenvalue weighted by Crippen LogP contribution is 2.30. The molecule has 0 aliphatic rings. The van der Waals surface area contributed by atoms with Crippen molar-refractivity contribution in [3.8, 4) is 11.5 Å². The van der Waals surface area contributed by atoms with Crippen LogP contribution in [0.5, 0.6) is 11.5 Å². The molecule has 3 aromatic rings. The Bertz CT molecular complexity index is 1080. The molecule has 158 valence electrons. The van der Waals surface area contributed by atoms with Crippen LogP contribution in [0.3, 0.4) is 0 Å². The molecule has 1 heterocycles. The summed E-state index contributed by atoms with van der Waals surface area (Å²) in [4.78, 5) is 28.9. The number of hydrogen-bond donors (Lipinski definition) is 2. The maximum atomic E-state index is 12.9. The molecule has 3 rings (SSSR count).